The first-order valence-electron chi connectivity index (χ1n) is 14.6. The molecule has 2 aliphatic heterocycles. The molecule has 2 saturated heterocycles. The fraction of sp³-hybridized carbons (Fsp3) is 0.576. The molecule has 5 atom stereocenters. The normalized spacial score (nSPS) is 36.1. The molecule has 1 N–H and O–H groups in total. The van der Waals surface area contributed by atoms with Crippen LogP contribution in [0.15, 0.2) is 42.5 Å². The number of aryl methyl sites for hydroxylation is 2. The van der Waals surface area contributed by atoms with Crippen LogP contribution in [-0.4, -0.2) is 29.7 Å². The standard InChI is InChI=1S/C33H43FINO/c1-23-18-27-14-9-16-33(31(27)29(34)19-23)22-36-21-28(33)32(37)35(2)17-15-26(24-10-5-3-6-11-24)20-30(35)25-12-7-4-8-13-25/h3,5-6,10-11,18-19,25-26,28,30,36H,2,4,7-9,12-17,20-22H2,1H3. The van der Waals surface area contributed by atoms with Crippen LogP contribution in [0, 0.1) is 24.6 Å². The van der Waals surface area contributed by atoms with Crippen molar-refractivity contribution in [2.75, 3.05) is 17.5 Å². The van der Waals surface area contributed by atoms with Crippen LogP contribution in [0.4, 0.5) is 4.39 Å². The quantitative estimate of drug-likeness (QED) is 0.220. The molecular weight excluding hydrogens is 572 g/mol. The van der Waals surface area contributed by atoms with Crippen LogP contribution in [0.25, 0.3) is 0 Å². The van der Waals surface area contributed by atoms with Gasteiger partial charge in [0.2, 0.25) is 0 Å². The number of alkyl halides is 2. The molecule has 0 radical (unpaired) electrons. The first kappa shape index (κ1) is 25.9. The molecule has 0 bridgehead atoms. The van der Waals surface area contributed by atoms with Gasteiger partial charge in [-0.1, -0.05) is 0 Å². The number of hydrogen-bond acceptors (Lipinski definition) is 2. The van der Waals surface area contributed by atoms with E-state index in [2.05, 4.69) is 41.7 Å². The summed E-state index contributed by atoms with van der Waals surface area (Å²) in [5.74, 6) is 1.00. The van der Waals surface area contributed by atoms with E-state index in [0.29, 0.717) is 26.1 Å². The van der Waals surface area contributed by atoms with Crippen molar-refractivity contribution in [1.82, 2.24) is 5.32 Å². The molecule has 2 aromatic carbocycles. The summed E-state index contributed by atoms with van der Waals surface area (Å²) in [6.45, 7) is 3.42. The zero-order valence-electron chi connectivity index (χ0n) is 22.4. The van der Waals surface area contributed by atoms with Gasteiger partial charge in [0.1, 0.15) is 0 Å². The van der Waals surface area contributed by atoms with E-state index in [1.54, 1.807) is 6.07 Å². The predicted octanol–water partition coefficient (Wildman–Crippen LogP) is 7.45. The van der Waals surface area contributed by atoms with Gasteiger partial charge in [0.05, 0.1) is 0 Å². The van der Waals surface area contributed by atoms with Gasteiger partial charge in [0.25, 0.3) is 0 Å². The summed E-state index contributed by atoms with van der Waals surface area (Å²) >= 11 is -3.08. The third-order valence-electron chi connectivity index (χ3n) is 10.3. The van der Waals surface area contributed by atoms with Crippen molar-refractivity contribution >= 4 is 26.3 Å². The van der Waals surface area contributed by atoms with Crippen LogP contribution in [0.5, 0.6) is 0 Å². The number of rotatable bonds is 4. The molecule has 0 amide bonds. The Morgan fingerprint density at radius 1 is 1.08 bits per heavy atom. The van der Waals surface area contributed by atoms with Crippen LogP contribution < -0.4 is 5.32 Å². The van der Waals surface area contributed by atoms with E-state index in [9.17, 15) is 4.79 Å². The Balaban J connectivity index is 1.37. The SMILES string of the molecule is C=I1(C(=O)C2CNCC23CCCc2cc(C)cc(F)c23)CCC(c2ccccc2)CC1C1CCCCC1. The summed E-state index contributed by atoms with van der Waals surface area (Å²) in [7, 11) is 0. The van der Waals surface area contributed by atoms with Gasteiger partial charge < -0.3 is 0 Å². The van der Waals surface area contributed by atoms with Gasteiger partial charge >= 0.3 is 227 Å². The van der Waals surface area contributed by atoms with Gasteiger partial charge in [0, 0.05) is 0 Å². The number of fused-ring (bicyclic) bond motifs is 2. The summed E-state index contributed by atoms with van der Waals surface area (Å²) < 4.78 is 22.7. The number of nitrogens with one attached hydrogen (secondary N) is 1. The zero-order chi connectivity index (χ0) is 25.6. The average molecular weight is 616 g/mol. The molecule has 1 saturated carbocycles. The van der Waals surface area contributed by atoms with E-state index in [1.807, 2.05) is 6.92 Å². The fourth-order valence-corrected chi connectivity index (χ4v) is 19.0. The summed E-state index contributed by atoms with van der Waals surface area (Å²) in [6.07, 6.45) is 11.6. The molecule has 0 aromatic heterocycles. The summed E-state index contributed by atoms with van der Waals surface area (Å²) in [4.78, 5) is 14.9. The average Bonchev–Trinajstić information content (AvgIpc) is 3.32. The van der Waals surface area contributed by atoms with Gasteiger partial charge in [-0.05, 0) is 0 Å². The van der Waals surface area contributed by atoms with Crippen molar-refractivity contribution in [3.8, 4) is 0 Å². The third-order valence-corrected chi connectivity index (χ3v) is 20.3. The second kappa shape index (κ2) is 10.3. The molecule has 2 aliphatic carbocycles. The Bertz CT molecular complexity index is 1200. The van der Waals surface area contributed by atoms with Gasteiger partial charge in [-0.3, -0.25) is 0 Å². The van der Waals surface area contributed by atoms with Gasteiger partial charge in [-0.15, -0.1) is 0 Å². The van der Waals surface area contributed by atoms with Crippen molar-refractivity contribution in [2.24, 2.45) is 11.8 Å². The van der Waals surface area contributed by atoms with Crippen LogP contribution in [0.2, 0.25) is 0 Å². The molecule has 6 rings (SSSR count). The van der Waals surface area contributed by atoms with Crippen molar-refractivity contribution in [3.05, 3.63) is 70.5 Å². The van der Waals surface area contributed by atoms with Crippen LogP contribution in [-0.2, 0) is 16.6 Å². The van der Waals surface area contributed by atoms with Gasteiger partial charge in [0.15, 0.2) is 0 Å². The van der Waals surface area contributed by atoms with Crippen molar-refractivity contribution in [1.29, 1.82) is 0 Å². The van der Waals surface area contributed by atoms with E-state index in [4.69, 9.17) is 4.51 Å². The zero-order valence-corrected chi connectivity index (χ0v) is 24.6. The summed E-state index contributed by atoms with van der Waals surface area (Å²) in [5.41, 5.74) is 4.06. The van der Waals surface area contributed by atoms with Crippen LogP contribution in [0.1, 0.15) is 86.0 Å². The molecule has 200 valence electrons. The van der Waals surface area contributed by atoms with Gasteiger partial charge in [-0.25, -0.2) is 0 Å². The molecular formula is C33H43FINO. The molecule has 2 aromatic rings. The van der Waals surface area contributed by atoms with E-state index in [0.717, 1.165) is 59.8 Å². The second-order valence-electron chi connectivity index (χ2n) is 12.4. The minimum atomic E-state index is -3.08. The molecule has 4 aliphatic rings. The van der Waals surface area contributed by atoms with Crippen molar-refractivity contribution in [2.45, 2.75) is 86.4 Å². The molecule has 1 spiro atoms. The number of halogens is 2. The van der Waals surface area contributed by atoms with Gasteiger partial charge in [-0.2, -0.15) is 0 Å². The van der Waals surface area contributed by atoms with Crippen LogP contribution >= 0.6 is 18.0 Å². The first-order valence-corrected chi connectivity index (χ1v) is 19.9. The third kappa shape index (κ3) is 4.48. The molecule has 5 unspecified atom stereocenters. The fourth-order valence-electron chi connectivity index (χ4n) is 8.45. The topological polar surface area (TPSA) is 29.1 Å². The monoisotopic (exact) mass is 615 g/mol. The predicted molar refractivity (Wildman–Crippen MR) is 162 cm³/mol. The Hall–Kier alpha value is -1.40. The number of carbonyl (C=O) groups excluding carboxylic acids is 1. The van der Waals surface area contributed by atoms with E-state index in [1.165, 1.54) is 37.7 Å². The molecule has 2 nitrogen and oxygen atoms in total. The van der Waals surface area contributed by atoms with Crippen molar-refractivity contribution in [3.63, 3.8) is 0 Å². The van der Waals surface area contributed by atoms with E-state index < -0.39 is 18.0 Å². The Kier molecular flexibility index (Phi) is 7.19. The number of carbonyl (C=O) groups is 1. The number of hydrogen-bond donors (Lipinski definition) is 1. The maximum atomic E-state index is 15.7. The Labute approximate surface area is 226 Å². The Morgan fingerprint density at radius 2 is 1.86 bits per heavy atom. The Morgan fingerprint density at radius 3 is 2.65 bits per heavy atom. The molecule has 3 fully saturated rings. The molecule has 2 heterocycles. The van der Waals surface area contributed by atoms with Crippen LogP contribution in [0.3, 0.4) is 0 Å². The number of benzene rings is 2. The summed E-state index contributed by atoms with van der Waals surface area (Å²) in [5, 5.41) is 3.60. The molecule has 37 heavy (non-hydrogen) atoms. The molecule has 4 heteroatoms. The summed E-state index contributed by atoms with van der Waals surface area (Å²) in [6, 6.07) is 14.9. The second-order valence-corrected chi connectivity index (χ2v) is 21.1. The first-order chi connectivity index (χ1) is 17.9. The maximum absolute atomic E-state index is 15.7. The van der Waals surface area contributed by atoms with E-state index in [-0.39, 0.29) is 17.2 Å². The minimum absolute atomic E-state index is 0.0856. The van der Waals surface area contributed by atoms with Crippen molar-refractivity contribution < 1.29 is 9.18 Å². The van der Waals surface area contributed by atoms with E-state index >= 15 is 4.39 Å².